The van der Waals surface area contributed by atoms with Crippen LogP contribution < -0.4 is 10.0 Å². The second-order valence-electron chi connectivity index (χ2n) is 3.44. The summed E-state index contributed by atoms with van der Waals surface area (Å²) >= 11 is 0. The van der Waals surface area contributed by atoms with Gasteiger partial charge >= 0.3 is 5.97 Å². The number of rotatable bonds is 5. The van der Waals surface area contributed by atoms with E-state index in [1.165, 1.54) is 26.1 Å². The van der Waals surface area contributed by atoms with Gasteiger partial charge in [-0.05, 0) is 32.2 Å². The summed E-state index contributed by atoms with van der Waals surface area (Å²) in [6.07, 6.45) is 0. The van der Waals surface area contributed by atoms with Crippen LogP contribution in [0.4, 0.5) is 5.69 Å². The quantitative estimate of drug-likeness (QED) is 0.714. The Balaban J connectivity index is 2.98. The first-order valence-electron chi connectivity index (χ1n) is 4.90. The van der Waals surface area contributed by atoms with Gasteiger partial charge < -0.3 is 10.4 Å². The van der Waals surface area contributed by atoms with Crippen LogP contribution in [0.2, 0.25) is 0 Å². The third-order valence-corrected chi connectivity index (χ3v) is 3.58. The molecule has 0 aliphatic carbocycles. The predicted molar refractivity (Wildman–Crippen MR) is 63.4 cm³/mol. The van der Waals surface area contributed by atoms with E-state index in [0.717, 1.165) is 0 Å². The molecular formula is C10H14N2O4S. The van der Waals surface area contributed by atoms with E-state index in [0.29, 0.717) is 5.69 Å². The zero-order valence-electron chi connectivity index (χ0n) is 9.47. The van der Waals surface area contributed by atoms with E-state index >= 15 is 0 Å². The number of sulfonamides is 1. The summed E-state index contributed by atoms with van der Waals surface area (Å²) in [5.41, 5.74) is 0.441. The second kappa shape index (κ2) is 5.15. The fourth-order valence-electron chi connectivity index (χ4n) is 1.18. The van der Waals surface area contributed by atoms with Crippen LogP contribution in [-0.4, -0.2) is 32.6 Å². The molecule has 1 rings (SSSR count). The third-order valence-electron chi connectivity index (χ3n) is 2.17. The second-order valence-corrected chi connectivity index (χ2v) is 5.33. The Hall–Kier alpha value is -1.60. The normalized spacial score (nSPS) is 13.1. The predicted octanol–water partition coefficient (Wildman–Crippen LogP) is 0.480. The lowest BCUT2D eigenvalue weighted by Crippen LogP contribution is -2.25. The lowest BCUT2D eigenvalue weighted by Gasteiger charge is -2.11. The molecule has 17 heavy (non-hydrogen) atoms. The van der Waals surface area contributed by atoms with E-state index in [2.05, 4.69) is 10.0 Å². The third kappa shape index (κ3) is 3.43. The van der Waals surface area contributed by atoms with Crippen molar-refractivity contribution in [1.82, 2.24) is 4.72 Å². The van der Waals surface area contributed by atoms with E-state index in [9.17, 15) is 13.2 Å². The molecule has 1 atom stereocenters. The van der Waals surface area contributed by atoms with E-state index < -0.39 is 22.0 Å². The standard InChI is InChI=1S/C10H14N2O4S/c1-7(10(13)14)12-8-4-3-5-9(6-8)17(15,16)11-2/h3-7,11-12H,1-2H3,(H,13,14). The number of carboxylic acid groups (broad SMARTS) is 1. The topological polar surface area (TPSA) is 95.5 Å². The van der Waals surface area contributed by atoms with Crippen LogP contribution in [0.5, 0.6) is 0 Å². The fourth-order valence-corrected chi connectivity index (χ4v) is 1.96. The molecule has 0 aliphatic heterocycles. The fraction of sp³-hybridized carbons (Fsp3) is 0.300. The molecule has 0 spiro atoms. The summed E-state index contributed by atoms with van der Waals surface area (Å²) < 4.78 is 25.2. The highest BCUT2D eigenvalue weighted by Crippen LogP contribution is 2.15. The average molecular weight is 258 g/mol. The van der Waals surface area contributed by atoms with E-state index in [1.54, 1.807) is 12.1 Å². The Morgan fingerprint density at radius 2 is 2.06 bits per heavy atom. The molecule has 0 aromatic heterocycles. The Labute approximate surface area is 99.7 Å². The number of benzene rings is 1. The van der Waals surface area contributed by atoms with Gasteiger partial charge in [-0.25, -0.2) is 13.1 Å². The van der Waals surface area contributed by atoms with Gasteiger partial charge in [-0.15, -0.1) is 0 Å². The van der Waals surface area contributed by atoms with Crippen LogP contribution in [-0.2, 0) is 14.8 Å². The number of aliphatic carboxylic acids is 1. The van der Waals surface area contributed by atoms with Gasteiger partial charge in [0.15, 0.2) is 0 Å². The van der Waals surface area contributed by atoms with Crippen molar-refractivity contribution in [3.8, 4) is 0 Å². The first kappa shape index (κ1) is 13.5. The number of anilines is 1. The molecule has 0 saturated carbocycles. The minimum Gasteiger partial charge on any atom is -0.480 e. The van der Waals surface area contributed by atoms with Gasteiger partial charge in [0.25, 0.3) is 0 Å². The molecule has 0 bridgehead atoms. The van der Waals surface area contributed by atoms with E-state index in [1.807, 2.05) is 0 Å². The number of carbonyl (C=O) groups is 1. The maximum absolute atomic E-state index is 11.5. The Bertz CT molecular complexity index is 513. The summed E-state index contributed by atoms with van der Waals surface area (Å²) in [6, 6.07) is 5.17. The molecule has 3 N–H and O–H groups in total. The summed E-state index contributed by atoms with van der Waals surface area (Å²) in [6.45, 7) is 1.47. The highest BCUT2D eigenvalue weighted by Gasteiger charge is 2.14. The monoisotopic (exact) mass is 258 g/mol. The van der Waals surface area contributed by atoms with Crippen molar-refractivity contribution >= 4 is 21.7 Å². The molecule has 0 amide bonds. The minimum atomic E-state index is -3.51. The Morgan fingerprint density at radius 3 is 2.59 bits per heavy atom. The van der Waals surface area contributed by atoms with Crippen LogP contribution in [0.15, 0.2) is 29.2 Å². The number of carboxylic acids is 1. The number of hydrogen-bond donors (Lipinski definition) is 3. The highest BCUT2D eigenvalue weighted by molar-refractivity contribution is 7.89. The maximum atomic E-state index is 11.5. The number of hydrogen-bond acceptors (Lipinski definition) is 4. The zero-order valence-corrected chi connectivity index (χ0v) is 10.3. The van der Waals surface area contributed by atoms with Gasteiger partial charge in [0.1, 0.15) is 6.04 Å². The lowest BCUT2D eigenvalue weighted by atomic mass is 10.2. The lowest BCUT2D eigenvalue weighted by molar-refractivity contribution is -0.137. The highest BCUT2D eigenvalue weighted by atomic mass is 32.2. The Morgan fingerprint density at radius 1 is 1.41 bits per heavy atom. The molecule has 1 unspecified atom stereocenters. The summed E-state index contributed by atoms with van der Waals surface area (Å²) in [7, 11) is -2.20. The first-order chi connectivity index (χ1) is 7.86. The van der Waals surface area contributed by atoms with Crippen molar-refractivity contribution in [2.24, 2.45) is 0 Å². The van der Waals surface area contributed by atoms with E-state index in [-0.39, 0.29) is 4.90 Å². The summed E-state index contributed by atoms with van der Waals surface area (Å²) in [5.74, 6) is -1.01. The molecule has 1 aromatic rings. The molecule has 0 radical (unpaired) electrons. The molecular weight excluding hydrogens is 244 g/mol. The molecule has 0 heterocycles. The van der Waals surface area contributed by atoms with Crippen LogP contribution >= 0.6 is 0 Å². The van der Waals surface area contributed by atoms with Crippen molar-refractivity contribution in [3.63, 3.8) is 0 Å². The van der Waals surface area contributed by atoms with Gasteiger partial charge in [-0.3, -0.25) is 4.79 Å². The van der Waals surface area contributed by atoms with Crippen LogP contribution in [0, 0.1) is 0 Å². The average Bonchev–Trinajstić information content (AvgIpc) is 2.29. The molecule has 6 nitrogen and oxygen atoms in total. The molecule has 0 aliphatic rings. The van der Waals surface area contributed by atoms with Crippen molar-refractivity contribution < 1.29 is 18.3 Å². The SMILES string of the molecule is CNS(=O)(=O)c1cccc(NC(C)C(=O)O)c1. The van der Waals surface area contributed by atoms with Crippen molar-refractivity contribution in [1.29, 1.82) is 0 Å². The number of nitrogens with one attached hydrogen (secondary N) is 2. The maximum Gasteiger partial charge on any atom is 0.325 e. The molecule has 7 heteroatoms. The van der Waals surface area contributed by atoms with Crippen LogP contribution in [0.25, 0.3) is 0 Å². The minimum absolute atomic E-state index is 0.0857. The van der Waals surface area contributed by atoms with Crippen LogP contribution in [0.3, 0.4) is 0 Å². The van der Waals surface area contributed by atoms with Gasteiger partial charge in [0, 0.05) is 5.69 Å². The molecule has 0 fully saturated rings. The Kier molecular flexibility index (Phi) is 4.08. The summed E-state index contributed by atoms with van der Waals surface area (Å²) in [4.78, 5) is 10.7. The largest absolute Gasteiger partial charge is 0.480 e. The van der Waals surface area contributed by atoms with Crippen molar-refractivity contribution in [3.05, 3.63) is 24.3 Å². The van der Waals surface area contributed by atoms with Gasteiger partial charge in [0.05, 0.1) is 4.90 Å². The van der Waals surface area contributed by atoms with Crippen molar-refractivity contribution in [2.45, 2.75) is 17.9 Å². The van der Waals surface area contributed by atoms with Gasteiger partial charge in [-0.1, -0.05) is 6.07 Å². The molecule has 94 valence electrons. The molecule has 0 saturated heterocycles. The first-order valence-corrected chi connectivity index (χ1v) is 6.38. The van der Waals surface area contributed by atoms with Crippen molar-refractivity contribution in [2.75, 3.05) is 12.4 Å². The van der Waals surface area contributed by atoms with Gasteiger partial charge in [0.2, 0.25) is 10.0 Å². The smallest absolute Gasteiger partial charge is 0.325 e. The van der Waals surface area contributed by atoms with E-state index in [4.69, 9.17) is 5.11 Å². The zero-order chi connectivity index (χ0) is 13.1. The molecule has 1 aromatic carbocycles. The summed E-state index contributed by atoms with van der Waals surface area (Å²) in [5, 5.41) is 11.4. The van der Waals surface area contributed by atoms with Gasteiger partial charge in [-0.2, -0.15) is 0 Å². The van der Waals surface area contributed by atoms with Crippen LogP contribution in [0.1, 0.15) is 6.92 Å².